The summed E-state index contributed by atoms with van der Waals surface area (Å²) in [5, 5.41) is 0. The van der Waals surface area contributed by atoms with Crippen LogP contribution in [-0.2, 0) is 7.59 Å². The fourth-order valence-electron chi connectivity index (χ4n) is 1.72. The second-order valence-electron chi connectivity index (χ2n) is 4.60. The van der Waals surface area contributed by atoms with Crippen molar-refractivity contribution in [3.63, 3.8) is 0 Å². The van der Waals surface area contributed by atoms with E-state index in [-0.39, 0.29) is 17.2 Å². The summed E-state index contributed by atoms with van der Waals surface area (Å²) in [5.41, 5.74) is 1.12. The van der Waals surface area contributed by atoms with Gasteiger partial charge in [0.2, 0.25) is 7.59 Å². The van der Waals surface area contributed by atoms with Gasteiger partial charge in [0.05, 0.1) is 18.5 Å². The number of hydrogen-bond donors (Lipinski definition) is 0. The molecule has 0 radical (unpaired) electrons. The minimum atomic E-state index is -1.77. The molecule has 0 bridgehead atoms. The standard InChI is InChI=1S/C15H10Cl6N2O/c1-24-10-5-2-9(3-6-10)4-7-13-22-11(14(16,17)18)8-12(23-13)15(19,20)21/h2-8H,1H3. The van der Waals surface area contributed by atoms with E-state index in [9.17, 15) is 0 Å². The molecular weight excluding hydrogens is 437 g/mol. The molecule has 0 N–H and O–H groups in total. The molecule has 0 atom stereocenters. The molecule has 2 aromatic rings. The fraction of sp³-hybridized carbons (Fsp3) is 0.200. The molecule has 0 saturated heterocycles. The Balaban J connectivity index is 2.39. The van der Waals surface area contributed by atoms with Gasteiger partial charge < -0.3 is 4.74 Å². The van der Waals surface area contributed by atoms with E-state index in [0.29, 0.717) is 0 Å². The zero-order valence-corrected chi connectivity index (χ0v) is 16.6. The van der Waals surface area contributed by atoms with Crippen molar-refractivity contribution >= 4 is 81.8 Å². The van der Waals surface area contributed by atoms with Gasteiger partial charge in [0.25, 0.3) is 0 Å². The molecule has 3 nitrogen and oxygen atoms in total. The van der Waals surface area contributed by atoms with Gasteiger partial charge in [0, 0.05) is 0 Å². The number of aromatic nitrogens is 2. The number of alkyl halides is 6. The highest BCUT2D eigenvalue weighted by molar-refractivity contribution is 6.67. The van der Waals surface area contributed by atoms with Crippen molar-refractivity contribution in [3.05, 3.63) is 53.1 Å². The Hall–Kier alpha value is -0.420. The molecule has 0 aliphatic carbocycles. The highest BCUT2D eigenvalue weighted by Gasteiger charge is 2.31. The quantitative estimate of drug-likeness (QED) is 0.518. The maximum atomic E-state index is 5.88. The Morgan fingerprint density at radius 3 is 1.75 bits per heavy atom. The van der Waals surface area contributed by atoms with Crippen LogP contribution in [0.25, 0.3) is 12.2 Å². The molecule has 9 heteroatoms. The second-order valence-corrected chi connectivity index (χ2v) is 9.16. The Morgan fingerprint density at radius 1 is 0.833 bits per heavy atom. The predicted molar refractivity (Wildman–Crippen MR) is 102 cm³/mol. The van der Waals surface area contributed by atoms with Crippen molar-refractivity contribution in [1.29, 1.82) is 0 Å². The minimum absolute atomic E-state index is 0.109. The molecule has 128 valence electrons. The van der Waals surface area contributed by atoms with Crippen molar-refractivity contribution in [2.24, 2.45) is 0 Å². The fourth-order valence-corrected chi connectivity index (χ4v) is 2.30. The topological polar surface area (TPSA) is 35.0 Å². The zero-order valence-electron chi connectivity index (χ0n) is 12.1. The van der Waals surface area contributed by atoms with E-state index in [1.807, 2.05) is 24.3 Å². The lowest BCUT2D eigenvalue weighted by Gasteiger charge is -2.15. The van der Waals surface area contributed by atoms with Crippen LogP contribution >= 0.6 is 69.6 Å². The van der Waals surface area contributed by atoms with Gasteiger partial charge in [0.1, 0.15) is 5.75 Å². The average molecular weight is 447 g/mol. The first-order chi connectivity index (χ1) is 11.1. The number of rotatable bonds is 3. The van der Waals surface area contributed by atoms with Gasteiger partial charge in [-0.05, 0) is 29.8 Å². The molecule has 0 unspecified atom stereocenters. The lowest BCUT2D eigenvalue weighted by Crippen LogP contribution is -2.12. The number of benzene rings is 1. The van der Waals surface area contributed by atoms with E-state index >= 15 is 0 Å². The molecule has 0 spiro atoms. The molecule has 1 aromatic heterocycles. The van der Waals surface area contributed by atoms with Crippen molar-refractivity contribution in [1.82, 2.24) is 9.97 Å². The summed E-state index contributed by atoms with van der Waals surface area (Å²) < 4.78 is 1.57. The summed E-state index contributed by atoms with van der Waals surface area (Å²) in [6.07, 6.45) is 3.40. The maximum absolute atomic E-state index is 5.88. The van der Waals surface area contributed by atoms with Crippen LogP contribution in [0.15, 0.2) is 30.3 Å². The van der Waals surface area contributed by atoms with Gasteiger partial charge in [-0.15, -0.1) is 0 Å². The molecule has 0 aliphatic rings. The van der Waals surface area contributed by atoms with Gasteiger partial charge in [0.15, 0.2) is 5.82 Å². The van der Waals surface area contributed by atoms with Crippen LogP contribution in [0.5, 0.6) is 5.75 Å². The van der Waals surface area contributed by atoms with Crippen LogP contribution in [-0.4, -0.2) is 17.1 Å². The van der Waals surface area contributed by atoms with Crippen LogP contribution < -0.4 is 4.74 Å². The van der Waals surface area contributed by atoms with E-state index in [2.05, 4.69) is 9.97 Å². The van der Waals surface area contributed by atoms with E-state index in [1.54, 1.807) is 19.3 Å². The first-order valence-corrected chi connectivity index (χ1v) is 8.72. The van der Waals surface area contributed by atoms with Gasteiger partial charge in [-0.1, -0.05) is 87.8 Å². The SMILES string of the molecule is COc1ccc(C=Cc2nc(C(Cl)(Cl)Cl)cc(C(Cl)(Cl)Cl)n2)cc1. The van der Waals surface area contributed by atoms with Crippen molar-refractivity contribution < 1.29 is 4.74 Å². The third kappa shape index (κ3) is 5.55. The zero-order chi connectivity index (χ0) is 18.0. The summed E-state index contributed by atoms with van der Waals surface area (Å²) in [4.78, 5) is 8.35. The summed E-state index contributed by atoms with van der Waals surface area (Å²) in [6.45, 7) is 0. The number of methoxy groups -OCH3 is 1. The maximum Gasteiger partial charge on any atom is 0.232 e. The summed E-state index contributed by atoms with van der Waals surface area (Å²) >= 11 is 35.3. The van der Waals surface area contributed by atoms with Gasteiger partial charge in [-0.25, -0.2) is 9.97 Å². The largest absolute Gasteiger partial charge is 0.497 e. The number of hydrogen-bond acceptors (Lipinski definition) is 3. The Bertz CT molecular complexity index is 703. The van der Waals surface area contributed by atoms with E-state index in [4.69, 9.17) is 74.3 Å². The monoisotopic (exact) mass is 444 g/mol. The van der Waals surface area contributed by atoms with Crippen LogP contribution in [0, 0.1) is 0 Å². The second kappa shape index (κ2) is 7.86. The van der Waals surface area contributed by atoms with Gasteiger partial charge in [-0.2, -0.15) is 0 Å². The predicted octanol–water partition coefficient (Wildman–Crippen LogP) is 6.31. The number of nitrogens with zero attached hydrogens (tertiary/aromatic N) is 2. The first-order valence-electron chi connectivity index (χ1n) is 6.45. The molecule has 1 heterocycles. The van der Waals surface area contributed by atoms with Crippen molar-refractivity contribution in [3.8, 4) is 5.75 Å². The molecule has 2 rings (SSSR count). The van der Waals surface area contributed by atoms with E-state index in [0.717, 1.165) is 11.3 Å². The molecule has 0 saturated carbocycles. The van der Waals surface area contributed by atoms with Crippen molar-refractivity contribution in [2.45, 2.75) is 7.59 Å². The Labute approximate surface area is 169 Å². The lowest BCUT2D eigenvalue weighted by molar-refractivity contribution is 0.415. The average Bonchev–Trinajstić information content (AvgIpc) is 2.51. The first kappa shape index (κ1) is 19.9. The molecule has 0 aliphatic heterocycles. The Morgan fingerprint density at radius 2 is 1.33 bits per heavy atom. The molecule has 0 amide bonds. The van der Waals surface area contributed by atoms with Gasteiger partial charge in [-0.3, -0.25) is 0 Å². The molecule has 1 aromatic carbocycles. The normalized spacial score (nSPS) is 12.6. The smallest absolute Gasteiger partial charge is 0.232 e. The highest BCUT2D eigenvalue weighted by Crippen LogP contribution is 2.41. The summed E-state index contributed by atoms with van der Waals surface area (Å²) in [6, 6.07) is 8.72. The van der Waals surface area contributed by atoms with Crippen LogP contribution in [0.3, 0.4) is 0 Å². The van der Waals surface area contributed by atoms with Crippen LogP contribution in [0.1, 0.15) is 22.8 Å². The highest BCUT2D eigenvalue weighted by atomic mass is 35.6. The third-order valence-electron chi connectivity index (χ3n) is 2.86. The molecule has 24 heavy (non-hydrogen) atoms. The van der Waals surface area contributed by atoms with Crippen LogP contribution in [0.2, 0.25) is 0 Å². The molecule has 0 fully saturated rings. The minimum Gasteiger partial charge on any atom is -0.497 e. The van der Waals surface area contributed by atoms with Crippen LogP contribution in [0.4, 0.5) is 0 Å². The lowest BCUT2D eigenvalue weighted by atomic mass is 10.2. The van der Waals surface area contributed by atoms with Gasteiger partial charge >= 0.3 is 0 Å². The Kier molecular flexibility index (Phi) is 6.52. The molecular formula is C15H10Cl6N2O. The number of ether oxygens (including phenoxy) is 1. The summed E-state index contributed by atoms with van der Waals surface area (Å²) in [5.74, 6) is 0.996. The summed E-state index contributed by atoms with van der Waals surface area (Å²) in [7, 11) is 1.60. The van der Waals surface area contributed by atoms with E-state index < -0.39 is 7.59 Å². The van der Waals surface area contributed by atoms with E-state index in [1.165, 1.54) is 6.07 Å². The third-order valence-corrected chi connectivity index (χ3v) is 4.03. The van der Waals surface area contributed by atoms with Crippen molar-refractivity contribution in [2.75, 3.05) is 7.11 Å². The number of halogens is 6.